The summed E-state index contributed by atoms with van der Waals surface area (Å²) in [6.07, 6.45) is 2.29. The molecule has 0 spiro atoms. The van der Waals surface area contributed by atoms with Gasteiger partial charge in [0, 0.05) is 6.42 Å². The Labute approximate surface area is 125 Å². The number of ether oxygens (including phenoxy) is 1. The first-order chi connectivity index (χ1) is 9.94. The molecule has 124 valence electrons. The normalized spacial score (nSPS) is 32.5. The molecule has 1 aliphatic rings. The second kappa shape index (κ2) is 8.80. The quantitative estimate of drug-likeness (QED) is 0.438. The van der Waals surface area contributed by atoms with Gasteiger partial charge in [0.25, 0.3) is 0 Å². The third-order valence-corrected chi connectivity index (χ3v) is 3.96. The Hall–Kier alpha value is -0.530. The van der Waals surface area contributed by atoms with Gasteiger partial charge >= 0.3 is 0 Å². The third-order valence-electron chi connectivity index (χ3n) is 3.96. The van der Waals surface area contributed by atoms with E-state index in [0.717, 1.165) is 19.3 Å². The van der Waals surface area contributed by atoms with Crippen molar-refractivity contribution in [1.82, 2.24) is 0 Å². The van der Waals surface area contributed by atoms with Gasteiger partial charge in [-0.25, -0.2) is 0 Å². The first-order valence-electron chi connectivity index (χ1n) is 7.83. The predicted octanol–water partition coefficient (Wildman–Crippen LogP) is 0.498. The summed E-state index contributed by atoms with van der Waals surface area (Å²) in [4.78, 5) is 11.8. The van der Waals surface area contributed by atoms with E-state index in [1.54, 1.807) is 0 Å². The molecule has 0 aromatic heterocycles. The van der Waals surface area contributed by atoms with Crippen LogP contribution in [0.25, 0.3) is 0 Å². The van der Waals surface area contributed by atoms with Crippen LogP contribution >= 0.6 is 0 Å². The fourth-order valence-electron chi connectivity index (χ4n) is 2.64. The van der Waals surface area contributed by atoms with Crippen LogP contribution < -0.4 is 0 Å². The van der Waals surface area contributed by atoms with Gasteiger partial charge in [-0.3, -0.25) is 4.79 Å². The van der Waals surface area contributed by atoms with Crippen molar-refractivity contribution in [2.75, 3.05) is 6.61 Å². The minimum absolute atomic E-state index is 0.210. The molecule has 1 fully saturated rings. The van der Waals surface area contributed by atoms with Gasteiger partial charge in [0.05, 0.1) is 13.0 Å². The van der Waals surface area contributed by atoms with E-state index in [0.29, 0.717) is 6.42 Å². The number of carbonyl (C=O) groups is 1. The Balaban J connectivity index is 2.30. The lowest BCUT2D eigenvalue weighted by atomic mass is 9.98. The van der Waals surface area contributed by atoms with Crippen molar-refractivity contribution in [3.8, 4) is 0 Å². The Morgan fingerprint density at radius 1 is 1.14 bits per heavy atom. The van der Waals surface area contributed by atoms with E-state index in [1.807, 2.05) is 0 Å². The van der Waals surface area contributed by atoms with Crippen LogP contribution in [0.1, 0.15) is 58.3 Å². The molecule has 0 unspecified atom stereocenters. The minimum Gasteiger partial charge on any atom is -0.394 e. The highest BCUT2D eigenvalue weighted by Crippen LogP contribution is 2.32. The molecule has 6 heteroatoms. The van der Waals surface area contributed by atoms with E-state index < -0.39 is 30.7 Å². The van der Waals surface area contributed by atoms with E-state index in [9.17, 15) is 20.1 Å². The summed E-state index contributed by atoms with van der Waals surface area (Å²) in [5.41, 5.74) is 0. The monoisotopic (exact) mass is 304 g/mol. The number of unbranched alkanes of at least 4 members (excludes halogenated alkanes) is 5. The van der Waals surface area contributed by atoms with Gasteiger partial charge in [-0.05, 0) is 6.42 Å². The highest BCUT2D eigenvalue weighted by atomic mass is 16.7. The molecule has 0 saturated carbocycles. The Bertz CT molecular complexity index is 321. The molecule has 4 atom stereocenters. The van der Waals surface area contributed by atoms with Crippen LogP contribution in [-0.4, -0.2) is 56.9 Å². The number of aliphatic hydroxyl groups excluding tert-OH is 3. The molecule has 6 nitrogen and oxygen atoms in total. The van der Waals surface area contributed by atoms with E-state index in [2.05, 4.69) is 6.92 Å². The second-order valence-corrected chi connectivity index (χ2v) is 5.85. The number of carbonyl (C=O) groups excluding carboxylic acids is 1. The zero-order chi connectivity index (χ0) is 15.9. The molecule has 0 bridgehead atoms. The van der Waals surface area contributed by atoms with Gasteiger partial charge in [-0.1, -0.05) is 39.0 Å². The Kier molecular flexibility index (Phi) is 7.76. The van der Waals surface area contributed by atoms with Crippen molar-refractivity contribution >= 4 is 5.78 Å². The second-order valence-electron chi connectivity index (χ2n) is 5.85. The highest BCUT2D eigenvalue weighted by Gasteiger charge is 2.53. The minimum atomic E-state index is -2.09. The van der Waals surface area contributed by atoms with Crippen LogP contribution in [-0.2, 0) is 9.53 Å². The van der Waals surface area contributed by atoms with Gasteiger partial charge in [-0.15, -0.1) is 0 Å². The third kappa shape index (κ3) is 5.30. The smallest absolute Gasteiger partial charge is 0.202 e. The maximum atomic E-state index is 11.8. The number of ketones is 1. The van der Waals surface area contributed by atoms with Gasteiger partial charge in [-0.2, -0.15) is 0 Å². The van der Waals surface area contributed by atoms with Crippen molar-refractivity contribution < 1.29 is 30.0 Å². The van der Waals surface area contributed by atoms with Crippen LogP contribution in [0.2, 0.25) is 0 Å². The van der Waals surface area contributed by atoms with Crippen molar-refractivity contribution in [1.29, 1.82) is 0 Å². The summed E-state index contributed by atoms with van der Waals surface area (Å²) in [5, 5.41) is 38.4. The van der Waals surface area contributed by atoms with E-state index in [-0.39, 0.29) is 12.2 Å². The lowest BCUT2D eigenvalue weighted by molar-refractivity contribution is -0.231. The molecule has 0 aromatic rings. The molecule has 0 amide bonds. The summed E-state index contributed by atoms with van der Waals surface area (Å²) >= 11 is 0. The van der Waals surface area contributed by atoms with Gasteiger partial charge in [0.2, 0.25) is 5.79 Å². The summed E-state index contributed by atoms with van der Waals surface area (Å²) in [6, 6.07) is 0. The molecule has 21 heavy (non-hydrogen) atoms. The molecular formula is C15H28O6. The SMILES string of the molecule is CCCCCCCCC(=O)C[C@]1(O)O[C@H](CO)[C@H](O)[C@H]1O. The number of rotatable bonds is 10. The van der Waals surface area contributed by atoms with Crippen molar-refractivity contribution in [2.45, 2.75) is 82.4 Å². The molecular weight excluding hydrogens is 276 g/mol. The zero-order valence-electron chi connectivity index (χ0n) is 12.7. The van der Waals surface area contributed by atoms with Gasteiger partial charge in [0.15, 0.2) is 0 Å². The predicted molar refractivity (Wildman–Crippen MR) is 76.5 cm³/mol. The first kappa shape index (κ1) is 18.5. The summed E-state index contributed by atoms with van der Waals surface area (Å²) in [5.74, 6) is -2.30. The van der Waals surface area contributed by atoms with E-state index >= 15 is 0 Å². The lowest BCUT2D eigenvalue weighted by Gasteiger charge is -2.25. The maximum Gasteiger partial charge on any atom is 0.202 e. The van der Waals surface area contributed by atoms with Crippen LogP contribution in [0, 0.1) is 0 Å². The molecule has 1 saturated heterocycles. The van der Waals surface area contributed by atoms with Crippen molar-refractivity contribution in [3.05, 3.63) is 0 Å². The average molecular weight is 304 g/mol. The summed E-state index contributed by atoms with van der Waals surface area (Å²) in [6.45, 7) is 1.62. The van der Waals surface area contributed by atoms with Gasteiger partial charge < -0.3 is 25.2 Å². The number of hydrogen-bond donors (Lipinski definition) is 4. The largest absolute Gasteiger partial charge is 0.394 e. The van der Waals surface area contributed by atoms with Crippen LogP contribution in [0.5, 0.6) is 0 Å². The number of hydrogen-bond acceptors (Lipinski definition) is 6. The van der Waals surface area contributed by atoms with Crippen LogP contribution in [0.4, 0.5) is 0 Å². The van der Waals surface area contributed by atoms with Crippen molar-refractivity contribution in [2.24, 2.45) is 0 Å². The first-order valence-corrected chi connectivity index (χ1v) is 7.83. The Morgan fingerprint density at radius 3 is 2.33 bits per heavy atom. The summed E-state index contributed by atoms with van der Waals surface area (Å²) in [7, 11) is 0. The van der Waals surface area contributed by atoms with E-state index in [1.165, 1.54) is 19.3 Å². The molecule has 1 rings (SSSR count). The molecule has 1 heterocycles. The number of Topliss-reactive ketones (excluding diaryl/α,β-unsaturated/α-hetero) is 1. The molecule has 0 aromatic carbocycles. The molecule has 0 aliphatic carbocycles. The fraction of sp³-hybridized carbons (Fsp3) is 0.933. The lowest BCUT2D eigenvalue weighted by Crippen LogP contribution is -2.44. The molecule has 0 radical (unpaired) electrons. The van der Waals surface area contributed by atoms with Gasteiger partial charge in [0.1, 0.15) is 24.1 Å². The van der Waals surface area contributed by atoms with Crippen LogP contribution in [0.3, 0.4) is 0 Å². The molecule has 4 N–H and O–H groups in total. The fourth-order valence-corrected chi connectivity index (χ4v) is 2.64. The van der Waals surface area contributed by atoms with E-state index in [4.69, 9.17) is 9.84 Å². The highest BCUT2D eigenvalue weighted by molar-refractivity contribution is 5.79. The standard InChI is InChI=1S/C15H28O6/c1-2-3-4-5-6-7-8-11(17)9-15(20)14(19)13(18)12(10-16)21-15/h12-14,16,18-20H,2-10H2,1H3/t12-,13+,14-,15+/m1/s1. The summed E-state index contributed by atoms with van der Waals surface area (Å²) < 4.78 is 5.04. The maximum absolute atomic E-state index is 11.8. The Morgan fingerprint density at radius 2 is 1.76 bits per heavy atom. The van der Waals surface area contributed by atoms with Crippen LogP contribution in [0.15, 0.2) is 0 Å². The molecule has 1 aliphatic heterocycles. The van der Waals surface area contributed by atoms with Crippen molar-refractivity contribution in [3.63, 3.8) is 0 Å². The number of aliphatic hydroxyl groups is 4. The zero-order valence-corrected chi connectivity index (χ0v) is 12.7. The average Bonchev–Trinajstić information content (AvgIpc) is 2.66. The topological polar surface area (TPSA) is 107 Å².